The van der Waals surface area contributed by atoms with Crippen molar-refractivity contribution in [1.82, 2.24) is 9.88 Å². The zero-order valence-electron chi connectivity index (χ0n) is 14.9. The Bertz CT molecular complexity index is 681. The van der Waals surface area contributed by atoms with Crippen molar-refractivity contribution < 1.29 is 9.53 Å². The van der Waals surface area contributed by atoms with E-state index in [-0.39, 0.29) is 12.0 Å². The van der Waals surface area contributed by atoms with Gasteiger partial charge in [0.2, 0.25) is 5.91 Å². The maximum absolute atomic E-state index is 12.8. The van der Waals surface area contributed by atoms with Crippen LogP contribution in [0.15, 0.2) is 48.7 Å². The fourth-order valence-electron chi connectivity index (χ4n) is 3.26. The number of rotatable bonds is 7. The third-order valence-corrected chi connectivity index (χ3v) is 4.59. The van der Waals surface area contributed by atoms with Gasteiger partial charge in [0.1, 0.15) is 0 Å². The molecule has 0 bridgehead atoms. The molecule has 1 saturated heterocycles. The first-order chi connectivity index (χ1) is 12.2. The zero-order valence-corrected chi connectivity index (χ0v) is 14.9. The van der Waals surface area contributed by atoms with Crippen molar-refractivity contribution in [1.29, 1.82) is 0 Å². The van der Waals surface area contributed by atoms with Crippen molar-refractivity contribution in [3.8, 4) is 0 Å². The highest BCUT2D eigenvalue weighted by Crippen LogP contribution is 2.19. The fraction of sp³-hybridized carbons (Fsp3) is 0.429. The number of carbonyl (C=O) groups excluding carboxylic acids is 1. The zero-order chi connectivity index (χ0) is 17.5. The molecule has 132 valence electrons. The van der Waals surface area contributed by atoms with Crippen molar-refractivity contribution in [2.75, 3.05) is 6.61 Å². The summed E-state index contributed by atoms with van der Waals surface area (Å²) in [6.07, 6.45) is 5.55. The maximum atomic E-state index is 12.8. The van der Waals surface area contributed by atoms with Gasteiger partial charge in [-0.25, -0.2) is 0 Å². The molecular weight excluding hydrogens is 312 g/mol. The Hall–Kier alpha value is -2.20. The highest BCUT2D eigenvalue weighted by atomic mass is 16.5. The summed E-state index contributed by atoms with van der Waals surface area (Å²) in [5, 5.41) is 0. The molecule has 1 amide bonds. The number of aromatic nitrogens is 1. The lowest BCUT2D eigenvalue weighted by Crippen LogP contribution is -2.31. The second-order valence-electron chi connectivity index (χ2n) is 6.73. The molecule has 0 saturated carbocycles. The lowest BCUT2D eigenvalue weighted by molar-refractivity contribution is -0.133. The molecule has 4 heteroatoms. The smallest absolute Gasteiger partial charge is 0.223 e. The standard InChI is InChI=1S/C21H26N2O2/c1-17-6-4-7-18(14-17)15-23(16-19-8-2-3-12-22-19)21(24)11-10-20-9-5-13-25-20/h2-4,6-8,12,14,20H,5,9-11,13,15-16H2,1H3. The van der Waals surface area contributed by atoms with E-state index in [9.17, 15) is 4.79 Å². The number of aryl methyl sites for hydroxylation is 1. The van der Waals surface area contributed by atoms with E-state index in [4.69, 9.17) is 4.74 Å². The van der Waals surface area contributed by atoms with Crippen LogP contribution in [0.2, 0.25) is 0 Å². The lowest BCUT2D eigenvalue weighted by atomic mass is 10.1. The molecule has 1 aliphatic rings. The minimum absolute atomic E-state index is 0.169. The van der Waals surface area contributed by atoms with Gasteiger partial charge in [-0.15, -0.1) is 0 Å². The molecule has 1 aliphatic heterocycles. The van der Waals surface area contributed by atoms with E-state index in [1.807, 2.05) is 29.2 Å². The third kappa shape index (κ3) is 5.40. The number of ether oxygens (including phenoxy) is 1. The second kappa shape index (κ2) is 8.77. The van der Waals surface area contributed by atoms with Gasteiger partial charge in [-0.1, -0.05) is 35.9 Å². The second-order valence-corrected chi connectivity index (χ2v) is 6.73. The van der Waals surface area contributed by atoms with Crippen LogP contribution in [0.1, 0.15) is 42.5 Å². The molecule has 0 spiro atoms. The summed E-state index contributed by atoms with van der Waals surface area (Å²) >= 11 is 0. The van der Waals surface area contributed by atoms with Crippen molar-refractivity contribution in [3.63, 3.8) is 0 Å². The van der Waals surface area contributed by atoms with Crippen LogP contribution in [0.4, 0.5) is 0 Å². The molecule has 4 nitrogen and oxygen atoms in total. The molecule has 1 unspecified atom stereocenters. The minimum atomic E-state index is 0.169. The van der Waals surface area contributed by atoms with Gasteiger partial charge in [0, 0.05) is 25.8 Å². The average Bonchev–Trinajstić information content (AvgIpc) is 3.14. The van der Waals surface area contributed by atoms with Gasteiger partial charge in [-0.05, 0) is 43.9 Å². The molecule has 1 aromatic carbocycles. The highest BCUT2D eigenvalue weighted by molar-refractivity contribution is 5.76. The van der Waals surface area contributed by atoms with Crippen LogP contribution >= 0.6 is 0 Å². The van der Waals surface area contributed by atoms with E-state index < -0.39 is 0 Å². The van der Waals surface area contributed by atoms with E-state index in [2.05, 4.69) is 30.1 Å². The van der Waals surface area contributed by atoms with Gasteiger partial charge in [0.15, 0.2) is 0 Å². The maximum Gasteiger partial charge on any atom is 0.223 e. The van der Waals surface area contributed by atoms with Crippen LogP contribution < -0.4 is 0 Å². The van der Waals surface area contributed by atoms with Crippen LogP contribution in [0.5, 0.6) is 0 Å². The Balaban J connectivity index is 1.67. The van der Waals surface area contributed by atoms with Gasteiger partial charge < -0.3 is 9.64 Å². The molecule has 0 radical (unpaired) electrons. The Morgan fingerprint density at radius 1 is 1.24 bits per heavy atom. The summed E-state index contributed by atoms with van der Waals surface area (Å²) in [6.45, 7) is 4.06. The van der Waals surface area contributed by atoms with Crippen LogP contribution in [0, 0.1) is 6.92 Å². The van der Waals surface area contributed by atoms with Crippen molar-refractivity contribution >= 4 is 5.91 Å². The quantitative estimate of drug-likeness (QED) is 0.769. The molecule has 1 aromatic heterocycles. The van der Waals surface area contributed by atoms with Crippen molar-refractivity contribution in [2.45, 2.75) is 51.8 Å². The summed E-state index contributed by atoms with van der Waals surface area (Å²) in [5.74, 6) is 0.169. The van der Waals surface area contributed by atoms with Crippen molar-refractivity contribution in [3.05, 3.63) is 65.5 Å². The Labute approximate surface area is 149 Å². The van der Waals surface area contributed by atoms with Gasteiger partial charge in [-0.3, -0.25) is 9.78 Å². The van der Waals surface area contributed by atoms with E-state index in [0.717, 1.165) is 37.1 Å². The molecule has 2 heterocycles. The molecular formula is C21H26N2O2. The number of carbonyl (C=O) groups is 1. The van der Waals surface area contributed by atoms with Gasteiger partial charge >= 0.3 is 0 Å². The topological polar surface area (TPSA) is 42.4 Å². The molecule has 0 N–H and O–H groups in total. The summed E-state index contributed by atoms with van der Waals surface area (Å²) in [6, 6.07) is 14.2. The predicted octanol–water partition coefficient (Wildman–Crippen LogP) is 3.88. The fourth-order valence-corrected chi connectivity index (χ4v) is 3.26. The number of nitrogens with zero attached hydrogens (tertiary/aromatic N) is 2. The normalized spacial score (nSPS) is 16.8. The molecule has 1 fully saturated rings. The molecule has 1 atom stereocenters. The SMILES string of the molecule is Cc1cccc(CN(Cc2ccccn2)C(=O)CCC2CCCO2)c1. The first-order valence-electron chi connectivity index (χ1n) is 9.05. The summed E-state index contributed by atoms with van der Waals surface area (Å²) in [5.41, 5.74) is 3.28. The van der Waals surface area contributed by atoms with E-state index in [1.54, 1.807) is 6.20 Å². The van der Waals surface area contributed by atoms with Gasteiger partial charge in [0.05, 0.1) is 18.3 Å². The third-order valence-electron chi connectivity index (χ3n) is 4.59. The highest BCUT2D eigenvalue weighted by Gasteiger charge is 2.20. The number of hydrogen-bond acceptors (Lipinski definition) is 3. The number of hydrogen-bond donors (Lipinski definition) is 0. The average molecular weight is 338 g/mol. The summed E-state index contributed by atoms with van der Waals surface area (Å²) in [7, 11) is 0. The van der Waals surface area contributed by atoms with E-state index in [1.165, 1.54) is 5.56 Å². The largest absolute Gasteiger partial charge is 0.378 e. The number of pyridine rings is 1. The van der Waals surface area contributed by atoms with E-state index in [0.29, 0.717) is 19.5 Å². The predicted molar refractivity (Wildman–Crippen MR) is 97.9 cm³/mol. The lowest BCUT2D eigenvalue weighted by Gasteiger charge is -2.23. The van der Waals surface area contributed by atoms with E-state index >= 15 is 0 Å². The minimum Gasteiger partial charge on any atom is -0.378 e. The van der Waals surface area contributed by atoms with Crippen LogP contribution in [-0.2, 0) is 22.6 Å². The van der Waals surface area contributed by atoms with Crippen molar-refractivity contribution in [2.24, 2.45) is 0 Å². The summed E-state index contributed by atoms with van der Waals surface area (Å²) < 4.78 is 5.65. The Morgan fingerprint density at radius 3 is 2.88 bits per heavy atom. The number of benzene rings is 1. The Kier molecular flexibility index (Phi) is 6.18. The molecule has 0 aliphatic carbocycles. The Morgan fingerprint density at radius 2 is 2.16 bits per heavy atom. The van der Waals surface area contributed by atoms with Crippen LogP contribution in [0.25, 0.3) is 0 Å². The van der Waals surface area contributed by atoms with Gasteiger partial charge in [0.25, 0.3) is 0 Å². The number of amides is 1. The molecule has 25 heavy (non-hydrogen) atoms. The molecule has 2 aromatic rings. The first kappa shape index (κ1) is 17.6. The van der Waals surface area contributed by atoms with Gasteiger partial charge in [-0.2, -0.15) is 0 Å². The first-order valence-corrected chi connectivity index (χ1v) is 9.05. The van der Waals surface area contributed by atoms with Crippen LogP contribution in [-0.4, -0.2) is 28.5 Å². The molecule has 3 rings (SSSR count). The monoisotopic (exact) mass is 338 g/mol. The summed E-state index contributed by atoms with van der Waals surface area (Å²) in [4.78, 5) is 19.1. The van der Waals surface area contributed by atoms with Crippen LogP contribution in [0.3, 0.4) is 0 Å².